The number of aromatic nitrogens is 3. The van der Waals surface area contributed by atoms with Crippen molar-refractivity contribution in [3.63, 3.8) is 0 Å². The van der Waals surface area contributed by atoms with Crippen LogP contribution in [0.15, 0.2) is 54.9 Å². The maximum atomic E-state index is 13.9. The zero-order valence-electron chi connectivity index (χ0n) is 19.1. The minimum atomic E-state index is -0.622. The van der Waals surface area contributed by atoms with Gasteiger partial charge in [0, 0.05) is 47.4 Å². The number of rotatable bonds is 2. The van der Waals surface area contributed by atoms with Crippen molar-refractivity contribution in [1.29, 1.82) is 0 Å². The van der Waals surface area contributed by atoms with Gasteiger partial charge >= 0.3 is 0 Å². The van der Waals surface area contributed by atoms with E-state index in [0.717, 1.165) is 46.9 Å². The average Bonchev–Trinajstić information content (AvgIpc) is 2.81. The first-order valence-corrected chi connectivity index (χ1v) is 11.1. The average molecular weight is 448 g/mol. The van der Waals surface area contributed by atoms with Crippen LogP contribution in [-0.2, 0) is 4.74 Å². The summed E-state index contributed by atoms with van der Waals surface area (Å²) in [7, 11) is 0. The standard InChI is InChI=1S/C16H12F2N2.C11H15NO/c1-9-7-13-15(20-10(9)2)5-6-19-16(13)12-4-3-11(17)8-14(12)18;1-9-8-10(5-6-12-9)11-4-2-3-7-13-11/h3-8H,1-2H3;5-6,8,11H,2-4,7H2,1H3. The minimum absolute atomic E-state index is 0.280. The van der Waals surface area contributed by atoms with Gasteiger partial charge in [-0.15, -0.1) is 0 Å². The third kappa shape index (κ3) is 5.40. The van der Waals surface area contributed by atoms with E-state index in [1.165, 1.54) is 30.5 Å². The van der Waals surface area contributed by atoms with Gasteiger partial charge in [-0.05, 0) is 87.6 Å². The number of ether oxygens (including phenoxy) is 1. The summed E-state index contributed by atoms with van der Waals surface area (Å²) in [5.74, 6) is -1.22. The number of aryl methyl sites for hydroxylation is 3. The maximum Gasteiger partial charge on any atom is 0.135 e. The molecule has 0 amide bonds. The molecule has 33 heavy (non-hydrogen) atoms. The molecule has 0 spiro atoms. The van der Waals surface area contributed by atoms with Crippen molar-refractivity contribution in [3.05, 3.63) is 89.0 Å². The number of hydrogen-bond acceptors (Lipinski definition) is 4. The molecule has 6 heteroatoms. The van der Waals surface area contributed by atoms with Crippen molar-refractivity contribution in [3.8, 4) is 11.3 Å². The molecule has 1 aromatic carbocycles. The highest BCUT2D eigenvalue weighted by molar-refractivity contribution is 5.92. The summed E-state index contributed by atoms with van der Waals surface area (Å²) in [6, 6.07) is 11.4. The van der Waals surface area contributed by atoms with Gasteiger partial charge in [0.05, 0.1) is 17.3 Å². The molecule has 1 aliphatic rings. The molecule has 1 fully saturated rings. The van der Waals surface area contributed by atoms with Gasteiger partial charge in [-0.25, -0.2) is 8.78 Å². The first-order chi connectivity index (χ1) is 15.9. The van der Waals surface area contributed by atoms with Gasteiger partial charge in [0.15, 0.2) is 0 Å². The Bertz CT molecular complexity index is 1270. The Morgan fingerprint density at radius 3 is 2.45 bits per heavy atom. The van der Waals surface area contributed by atoms with E-state index in [0.29, 0.717) is 11.8 Å². The summed E-state index contributed by atoms with van der Waals surface area (Å²) < 4.78 is 32.7. The molecule has 170 valence electrons. The summed E-state index contributed by atoms with van der Waals surface area (Å²) in [6.07, 6.45) is 7.41. The van der Waals surface area contributed by atoms with Crippen LogP contribution in [0.2, 0.25) is 0 Å². The second kappa shape index (κ2) is 10.1. The summed E-state index contributed by atoms with van der Waals surface area (Å²) in [5.41, 5.74) is 5.81. The third-order valence-corrected chi connectivity index (χ3v) is 5.85. The van der Waals surface area contributed by atoms with Crippen LogP contribution in [0.3, 0.4) is 0 Å². The van der Waals surface area contributed by atoms with Gasteiger partial charge in [-0.1, -0.05) is 0 Å². The molecule has 4 nitrogen and oxygen atoms in total. The van der Waals surface area contributed by atoms with Crippen molar-refractivity contribution >= 4 is 10.9 Å². The van der Waals surface area contributed by atoms with E-state index >= 15 is 0 Å². The number of hydrogen-bond donors (Lipinski definition) is 0. The smallest absolute Gasteiger partial charge is 0.135 e. The van der Waals surface area contributed by atoms with Crippen LogP contribution in [-0.4, -0.2) is 21.6 Å². The normalized spacial score (nSPS) is 15.7. The highest BCUT2D eigenvalue weighted by Crippen LogP contribution is 2.29. The number of fused-ring (bicyclic) bond motifs is 1. The molecule has 4 aromatic rings. The van der Waals surface area contributed by atoms with Crippen molar-refractivity contribution in [1.82, 2.24) is 15.0 Å². The Labute approximate surface area is 192 Å². The van der Waals surface area contributed by atoms with Gasteiger partial charge in [0.1, 0.15) is 11.6 Å². The van der Waals surface area contributed by atoms with Crippen LogP contribution in [0.25, 0.3) is 22.2 Å². The number of halogens is 2. The van der Waals surface area contributed by atoms with Gasteiger partial charge in [-0.2, -0.15) is 0 Å². The molecule has 0 radical (unpaired) electrons. The van der Waals surface area contributed by atoms with Gasteiger partial charge in [0.25, 0.3) is 0 Å². The van der Waals surface area contributed by atoms with Gasteiger partial charge in [-0.3, -0.25) is 15.0 Å². The van der Waals surface area contributed by atoms with Crippen molar-refractivity contribution < 1.29 is 13.5 Å². The Morgan fingerprint density at radius 1 is 0.909 bits per heavy atom. The van der Waals surface area contributed by atoms with E-state index in [-0.39, 0.29) is 5.56 Å². The number of pyridine rings is 3. The van der Waals surface area contributed by atoms with Crippen molar-refractivity contribution in [2.24, 2.45) is 0 Å². The fourth-order valence-corrected chi connectivity index (χ4v) is 3.96. The molecule has 1 saturated heterocycles. The van der Waals surface area contributed by atoms with E-state index in [4.69, 9.17) is 4.74 Å². The van der Waals surface area contributed by atoms with Gasteiger partial charge in [0.2, 0.25) is 0 Å². The van der Waals surface area contributed by atoms with Gasteiger partial charge < -0.3 is 4.74 Å². The SMILES string of the molecule is Cc1cc(C2CCCCO2)ccn1.Cc1cc2c(-c3ccc(F)cc3F)nccc2nc1C. The molecule has 1 atom stereocenters. The highest BCUT2D eigenvalue weighted by Gasteiger charge is 2.16. The predicted octanol–water partition coefficient (Wildman–Crippen LogP) is 6.82. The molecule has 0 bridgehead atoms. The molecule has 0 aliphatic carbocycles. The Balaban J connectivity index is 0.000000172. The van der Waals surface area contributed by atoms with E-state index in [1.807, 2.05) is 33.0 Å². The zero-order valence-corrected chi connectivity index (χ0v) is 19.1. The summed E-state index contributed by atoms with van der Waals surface area (Å²) >= 11 is 0. The maximum absolute atomic E-state index is 13.9. The van der Waals surface area contributed by atoms with Crippen LogP contribution < -0.4 is 0 Å². The fourth-order valence-electron chi connectivity index (χ4n) is 3.96. The topological polar surface area (TPSA) is 47.9 Å². The van der Waals surface area contributed by atoms with Crippen LogP contribution in [0.4, 0.5) is 8.78 Å². The second-order valence-electron chi connectivity index (χ2n) is 8.33. The highest BCUT2D eigenvalue weighted by atomic mass is 19.1. The zero-order chi connectivity index (χ0) is 23.4. The molecular weight excluding hydrogens is 420 g/mol. The van der Waals surface area contributed by atoms with E-state index in [2.05, 4.69) is 27.1 Å². The van der Waals surface area contributed by atoms with Crippen molar-refractivity contribution in [2.75, 3.05) is 6.61 Å². The third-order valence-electron chi connectivity index (χ3n) is 5.85. The fraction of sp³-hybridized carbons (Fsp3) is 0.296. The summed E-state index contributed by atoms with van der Waals surface area (Å²) in [5, 5.41) is 0.765. The summed E-state index contributed by atoms with van der Waals surface area (Å²) in [6.45, 7) is 6.80. The largest absolute Gasteiger partial charge is 0.374 e. The van der Waals surface area contributed by atoms with E-state index in [9.17, 15) is 8.78 Å². The lowest BCUT2D eigenvalue weighted by atomic mass is 10.0. The van der Waals surface area contributed by atoms with Crippen LogP contribution in [0.5, 0.6) is 0 Å². The Hall–Kier alpha value is -3.25. The lowest BCUT2D eigenvalue weighted by molar-refractivity contribution is 0.0149. The Morgan fingerprint density at radius 2 is 1.73 bits per heavy atom. The summed E-state index contributed by atoms with van der Waals surface area (Å²) in [4.78, 5) is 12.9. The molecular formula is C27H27F2N3O. The Kier molecular flexibility index (Phi) is 7.04. The van der Waals surface area contributed by atoms with E-state index < -0.39 is 11.6 Å². The predicted molar refractivity (Wildman–Crippen MR) is 126 cm³/mol. The molecule has 4 heterocycles. The molecule has 3 aromatic heterocycles. The van der Waals surface area contributed by atoms with E-state index in [1.54, 1.807) is 12.3 Å². The van der Waals surface area contributed by atoms with Crippen molar-refractivity contribution in [2.45, 2.75) is 46.1 Å². The number of nitrogens with zero attached hydrogens (tertiary/aromatic N) is 3. The quantitative estimate of drug-likeness (QED) is 0.338. The minimum Gasteiger partial charge on any atom is -0.374 e. The van der Waals surface area contributed by atoms with Crippen LogP contribution >= 0.6 is 0 Å². The van der Waals surface area contributed by atoms with Crippen LogP contribution in [0.1, 0.15) is 47.9 Å². The molecule has 5 rings (SSSR count). The molecule has 1 unspecified atom stereocenters. The lowest BCUT2D eigenvalue weighted by Crippen LogP contribution is -2.11. The molecule has 0 saturated carbocycles. The molecule has 0 N–H and O–H groups in total. The first-order valence-electron chi connectivity index (χ1n) is 11.1. The monoisotopic (exact) mass is 447 g/mol. The molecule has 1 aliphatic heterocycles. The first kappa shape index (κ1) is 22.9. The number of benzene rings is 1. The second-order valence-corrected chi connectivity index (χ2v) is 8.33. The van der Waals surface area contributed by atoms with Crippen LogP contribution in [0, 0.1) is 32.4 Å². The lowest BCUT2D eigenvalue weighted by Gasteiger charge is -2.22.